The maximum absolute atomic E-state index is 6.33. The second kappa shape index (κ2) is 6.63. The van der Waals surface area contributed by atoms with Gasteiger partial charge in [0.1, 0.15) is 14.6 Å². The van der Waals surface area contributed by atoms with E-state index in [0.717, 1.165) is 46.7 Å². The van der Waals surface area contributed by atoms with Crippen LogP contribution in [0.4, 0.5) is 0 Å². The zero-order chi connectivity index (χ0) is 17.4. The summed E-state index contributed by atoms with van der Waals surface area (Å²) >= 11 is 8.57. The molecule has 2 aromatic heterocycles. The highest BCUT2D eigenvalue weighted by atomic mass is 32.2. The first-order valence-electron chi connectivity index (χ1n) is 7.56. The molecule has 0 amide bonds. The molecular formula is C19H14O3S3. The molecule has 0 saturated carbocycles. The lowest BCUT2D eigenvalue weighted by molar-refractivity contribution is 0.413. The summed E-state index contributed by atoms with van der Waals surface area (Å²) in [5.41, 5.74) is 1.83. The summed E-state index contributed by atoms with van der Waals surface area (Å²) in [4.78, 5) is 0. The minimum absolute atomic E-state index is 0.772. The number of benzene rings is 2. The Labute approximate surface area is 158 Å². The predicted octanol–water partition coefficient (Wildman–Crippen LogP) is 6.64. The fourth-order valence-corrected chi connectivity index (χ4v) is 5.40. The first kappa shape index (κ1) is 16.3. The van der Waals surface area contributed by atoms with Gasteiger partial charge in [-0.05, 0) is 24.3 Å². The fraction of sp³-hybridized carbons (Fsp3) is 0.105. The molecule has 0 spiro atoms. The van der Waals surface area contributed by atoms with Gasteiger partial charge in [-0.25, -0.2) is 0 Å². The van der Waals surface area contributed by atoms with Gasteiger partial charge in [-0.2, -0.15) is 0 Å². The second-order valence-corrected chi connectivity index (χ2v) is 8.50. The summed E-state index contributed by atoms with van der Waals surface area (Å²) in [5.74, 6) is 3.11. The number of furan rings is 1. The van der Waals surface area contributed by atoms with Crippen molar-refractivity contribution < 1.29 is 13.9 Å². The number of rotatable bonds is 4. The van der Waals surface area contributed by atoms with Crippen LogP contribution < -0.4 is 9.47 Å². The maximum atomic E-state index is 6.33. The number of hydrogen-bond acceptors (Lipinski definition) is 6. The van der Waals surface area contributed by atoms with Gasteiger partial charge in [0.2, 0.25) is 0 Å². The molecule has 2 aromatic carbocycles. The van der Waals surface area contributed by atoms with Crippen molar-refractivity contribution in [2.24, 2.45) is 0 Å². The standard InChI is InChI=1S/C19H14O3S3/c1-20-13-9-5-3-7-11(13)15-17-18(25-19(23)24-17)16(22-15)12-8-4-6-10-14(12)21-2/h3-10H,1-2H3. The van der Waals surface area contributed by atoms with Gasteiger partial charge in [-0.15, -0.1) is 22.7 Å². The van der Waals surface area contributed by atoms with Crippen LogP contribution in [-0.4, -0.2) is 14.2 Å². The van der Waals surface area contributed by atoms with E-state index in [0.29, 0.717) is 0 Å². The molecule has 0 aliphatic rings. The van der Waals surface area contributed by atoms with E-state index in [4.69, 9.17) is 26.1 Å². The number of para-hydroxylation sites is 2. The quantitative estimate of drug-likeness (QED) is 0.368. The van der Waals surface area contributed by atoms with Gasteiger partial charge in [0, 0.05) is 0 Å². The van der Waals surface area contributed by atoms with Gasteiger partial charge in [0.15, 0.2) is 11.5 Å². The molecule has 0 saturated heterocycles. The molecule has 0 fully saturated rings. The number of fused-ring (bicyclic) bond motifs is 1. The fourth-order valence-electron chi connectivity index (χ4n) is 2.79. The molecular weight excluding hydrogens is 372 g/mol. The van der Waals surface area contributed by atoms with Crippen molar-refractivity contribution in [1.82, 2.24) is 0 Å². The molecule has 4 aromatic rings. The second-order valence-electron chi connectivity index (χ2n) is 5.27. The summed E-state index contributed by atoms with van der Waals surface area (Å²) in [7, 11) is 3.32. The lowest BCUT2D eigenvalue weighted by atomic mass is 10.1. The van der Waals surface area contributed by atoms with Crippen molar-refractivity contribution in [3.63, 3.8) is 0 Å². The van der Waals surface area contributed by atoms with Crippen LogP contribution in [0, 0.1) is 3.14 Å². The molecule has 0 atom stereocenters. The van der Waals surface area contributed by atoms with Crippen LogP contribution in [0.3, 0.4) is 0 Å². The molecule has 2 heterocycles. The zero-order valence-corrected chi connectivity index (χ0v) is 16.0. The average molecular weight is 387 g/mol. The van der Waals surface area contributed by atoms with Crippen molar-refractivity contribution >= 4 is 44.3 Å². The Bertz CT molecular complexity index is 1020. The van der Waals surface area contributed by atoms with E-state index < -0.39 is 0 Å². The number of ether oxygens (including phenoxy) is 2. The van der Waals surface area contributed by atoms with Crippen LogP contribution in [0.15, 0.2) is 52.9 Å². The van der Waals surface area contributed by atoms with Crippen molar-refractivity contribution in [2.75, 3.05) is 14.2 Å². The molecule has 0 unspecified atom stereocenters. The molecule has 0 radical (unpaired) electrons. The largest absolute Gasteiger partial charge is 0.496 e. The molecule has 6 heteroatoms. The van der Waals surface area contributed by atoms with Crippen LogP contribution >= 0.6 is 34.9 Å². The third kappa shape index (κ3) is 2.76. The van der Waals surface area contributed by atoms with Gasteiger partial charge >= 0.3 is 0 Å². The Hall–Kier alpha value is -2.15. The minimum atomic E-state index is 0.772. The topological polar surface area (TPSA) is 31.6 Å². The normalized spacial score (nSPS) is 11.0. The van der Waals surface area contributed by atoms with E-state index >= 15 is 0 Å². The molecule has 0 bridgehead atoms. The molecule has 25 heavy (non-hydrogen) atoms. The van der Waals surface area contributed by atoms with Crippen LogP contribution in [-0.2, 0) is 0 Å². The molecule has 0 aliphatic heterocycles. The van der Waals surface area contributed by atoms with Gasteiger partial charge < -0.3 is 13.9 Å². The van der Waals surface area contributed by atoms with Crippen LogP contribution in [0.2, 0.25) is 0 Å². The molecule has 4 rings (SSSR count). The maximum Gasteiger partial charge on any atom is 0.157 e. The van der Waals surface area contributed by atoms with Gasteiger partial charge in [0.05, 0.1) is 34.7 Å². The smallest absolute Gasteiger partial charge is 0.157 e. The minimum Gasteiger partial charge on any atom is -0.496 e. The summed E-state index contributed by atoms with van der Waals surface area (Å²) in [5, 5.41) is 0. The third-order valence-electron chi connectivity index (χ3n) is 3.90. The van der Waals surface area contributed by atoms with Gasteiger partial charge in [-0.1, -0.05) is 36.5 Å². The predicted molar refractivity (Wildman–Crippen MR) is 107 cm³/mol. The summed E-state index contributed by atoms with van der Waals surface area (Å²) in [6.45, 7) is 0. The van der Waals surface area contributed by atoms with Crippen molar-refractivity contribution in [3.8, 4) is 34.1 Å². The SMILES string of the molecule is COc1ccccc1-c1oc(-c2ccccc2OC)c2sc(=S)sc12. The monoisotopic (exact) mass is 386 g/mol. The van der Waals surface area contributed by atoms with Gasteiger partial charge in [0.25, 0.3) is 0 Å². The lowest BCUT2D eigenvalue weighted by Gasteiger charge is -2.07. The Morgan fingerprint density at radius 3 is 1.64 bits per heavy atom. The Balaban J connectivity index is 2.04. The molecule has 0 N–H and O–H groups in total. The average Bonchev–Trinajstić information content (AvgIpc) is 3.19. The van der Waals surface area contributed by atoms with E-state index in [1.54, 1.807) is 36.9 Å². The van der Waals surface area contributed by atoms with Crippen LogP contribution in [0.25, 0.3) is 32.0 Å². The molecule has 0 aliphatic carbocycles. The lowest BCUT2D eigenvalue weighted by Crippen LogP contribution is -1.86. The Morgan fingerprint density at radius 2 is 1.20 bits per heavy atom. The molecule has 3 nitrogen and oxygen atoms in total. The van der Waals surface area contributed by atoms with E-state index in [1.165, 1.54) is 0 Å². The van der Waals surface area contributed by atoms with E-state index in [1.807, 2.05) is 48.5 Å². The highest BCUT2D eigenvalue weighted by Gasteiger charge is 2.22. The molecule has 126 valence electrons. The van der Waals surface area contributed by atoms with Crippen molar-refractivity contribution in [3.05, 3.63) is 51.7 Å². The van der Waals surface area contributed by atoms with Crippen LogP contribution in [0.1, 0.15) is 0 Å². The van der Waals surface area contributed by atoms with E-state index in [-0.39, 0.29) is 0 Å². The van der Waals surface area contributed by atoms with E-state index in [9.17, 15) is 0 Å². The summed E-state index contributed by atoms with van der Waals surface area (Å²) in [6.07, 6.45) is 0. The summed E-state index contributed by atoms with van der Waals surface area (Å²) in [6, 6.07) is 15.7. The zero-order valence-electron chi connectivity index (χ0n) is 13.6. The third-order valence-corrected chi connectivity index (χ3v) is 6.55. The number of hydrogen-bond donors (Lipinski definition) is 0. The highest BCUT2D eigenvalue weighted by molar-refractivity contribution is 7.77. The highest BCUT2D eigenvalue weighted by Crippen LogP contribution is 2.48. The Kier molecular flexibility index (Phi) is 4.33. The number of methoxy groups -OCH3 is 2. The van der Waals surface area contributed by atoms with E-state index in [2.05, 4.69) is 0 Å². The van der Waals surface area contributed by atoms with Gasteiger partial charge in [-0.3, -0.25) is 0 Å². The first-order valence-corrected chi connectivity index (χ1v) is 9.60. The van der Waals surface area contributed by atoms with Crippen molar-refractivity contribution in [2.45, 2.75) is 0 Å². The van der Waals surface area contributed by atoms with Crippen molar-refractivity contribution in [1.29, 1.82) is 0 Å². The summed E-state index contributed by atoms with van der Waals surface area (Å²) < 4.78 is 20.3. The van der Waals surface area contributed by atoms with Crippen LogP contribution in [0.5, 0.6) is 11.5 Å². The first-order chi connectivity index (χ1) is 12.2. The Morgan fingerprint density at radius 1 is 0.760 bits per heavy atom.